The Morgan fingerprint density at radius 1 is 1.83 bits per heavy atom. The summed E-state index contributed by atoms with van der Waals surface area (Å²) in [5, 5.41) is 9.24. The van der Waals surface area contributed by atoms with Gasteiger partial charge in [0.25, 0.3) is 0 Å². The van der Waals surface area contributed by atoms with E-state index in [0.717, 1.165) is 6.42 Å². The maximum absolute atomic E-state index is 11.4. The zero-order valence-corrected chi connectivity index (χ0v) is 7.49. The Morgan fingerprint density at radius 3 is 3.08 bits per heavy atom. The van der Waals surface area contributed by atoms with Gasteiger partial charge in [-0.3, -0.25) is 9.61 Å². The number of hydrogen-bond acceptors (Lipinski definition) is 4. The summed E-state index contributed by atoms with van der Waals surface area (Å²) < 4.78 is 5.05. The zero-order valence-electron chi connectivity index (χ0n) is 7.49. The molecule has 1 saturated heterocycles. The van der Waals surface area contributed by atoms with Crippen LogP contribution in [0.3, 0.4) is 0 Å². The molecule has 1 rings (SSSR count). The average Bonchev–Trinajstić information content (AvgIpc) is 2.14. The largest absolute Gasteiger partial charge is 0.554 e. The van der Waals surface area contributed by atoms with Crippen LogP contribution < -0.4 is 0 Å². The highest BCUT2D eigenvalue weighted by Crippen LogP contribution is 2.10. The molecule has 1 atom stereocenters. The van der Waals surface area contributed by atoms with E-state index >= 15 is 0 Å². The molecule has 0 aromatic heterocycles. The molecule has 0 aromatic rings. The van der Waals surface area contributed by atoms with Gasteiger partial charge in [0, 0.05) is 12.5 Å². The van der Waals surface area contributed by atoms with Crippen molar-refractivity contribution in [2.45, 2.75) is 13.3 Å². The van der Waals surface area contributed by atoms with Crippen molar-refractivity contribution < 1.29 is 14.5 Å². The molecule has 0 radical (unpaired) electrons. The lowest BCUT2D eigenvalue weighted by Crippen LogP contribution is -2.39. The molecule has 0 aliphatic carbocycles. The van der Waals surface area contributed by atoms with Crippen molar-refractivity contribution in [3.8, 4) is 0 Å². The fraction of sp³-hybridized carbons (Fsp3) is 0.857. The lowest BCUT2D eigenvalue weighted by molar-refractivity contribution is -0.123. The van der Waals surface area contributed by atoms with Crippen LogP contribution in [0.1, 0.15) is 13.3 Å². The summed E-state index contributed by atoms with van der Waals surface area (Å²) in [6, 6.07) is 0. The van der Waals surface area contributed by atoms with Gasteiger partial charge in [-0.25, -0.2) is 0 Å². The van der Waals surface area contributed by atoms with Gasteiger partial charge in [0.2, 0.25) is 0 Å². The molecule has 5 heteroatoms. The Balaban J connectivity index is 2.59. The van der Waals surface area contributed by atoms with Crippen molar-refractivity contribution in [1.82, 2.24) is 4.81 Å². The Bertz CT molecular complexity index is 176. The lowest BCUT2D eigenvalue weighted by Gasteiger charge is -2.12. The van der Waals surface area contributed by atoms with E-state index in [-0.39, 0.29) is 18.2 Å². The standard InChI is InChI=1S/C7H14BNO3/c1-3-6-5-12-8(11)9(2)4-7(6)10/h6,11H,3-5H2,1-2H3. The fourth-order valence-electron chi connectivity index (χ4n) is 1.22. The van der Waals surface area contributed by atoms with Crippen molar-refractivity contribution in [2.24, 2.45) is 5.92 Å². The lowest BCUT2D eigenvalue weighted by atomic mass is 10.0. The van der Waals surface area contributed by atoms with Gasteiger partial charge in [-0.2, -0.15) is 0 Å². The van der Waals surface area contributed by atoms with Crippen LogP contribution in [0.25, 0.3) is 0 Å². The molecular weight excluding hydrogens is 157 g/mol. The van der Waals surface area contributed by atoms with Gasteiger partial charge in [0.1, 0.15) is 0 Å². The fourth-order valence-corrected chi connectivity index (χ4v) is 1.22. The number of ketones is 1. The molecule has 0 spiro atoms. The van der Waals surface area contributed by atoms with Crippen molar-refractivity contribution in [3.05, 3.63) is 0 Å². The van der Waals surface area contributed by atoms with E-state index < -0.39 is 7.25 Å². The second-order valence-corrected chi connectivity index (χ2v) is 3.15. The Kier molecular flexibility index (Phi) is 3.25. The molecule has 1 aliphatic rings. The van der Waals surface area contributed by atoms with Gasteiger partial charge in [-0.1, -0.05) is 6.92 Å². The van der Waals surface area contributed by atoms with Crippen LogP contribution in [-0.2, 0) is 9.45 Å². The third-order valence-corrected chi connectivity index (χ3v) is 2.18. The second kappa shape index (κ2) is 4.02. The van der Waals surface area contributed by atoms with Gasteiger partial charge in [-0.15, -0.1) is 0 Å². The van der Waals surface area contributed by atoms with E-state index in [1.54, 1.807) is 7.05 Å². The van der Waals surface area contributed by atoms with Crippen LogP contribution >= 0.6 is 0 Å². The number of carbonyl (C=O) groups excluding carboxylic acids is 1. The normalized spacial score (nSPS) is 27.4. The summed E-state index contributed by atoms with van der Waals surface area (Å²) >= 11 is 0. The van der Waals surface area contributed by atoms with Crippen LogP contribution in [0.15, 0.2) is 0 Å². The quantitative estimate of drug-likeness (QED) is 0.541. The second-order valence-electron chi connectivity index (χ2n) is 3.15. The summed E-state index contributed by atoms with van der Waals surface area (Å²) in [7, 11) is 0.742. The molecule has 0 amide bonds. The number of hydrogen-bond donors (Lipinski definition) is 1. The molecule has 1 fully saturated rings. The maximum Gasteiger partial charge on any atom is 0.554 e. The van der Waals surface area contributed by atoms with Crippen LogP contribution in [0, 0.1) is 5.92 Å². The average molecular weight is 171 g/mol. The van der Waals surface area contributed by atoms with E-state index in [9.17, 15) is 9.82 Å². The highest BCUT2D eigenvalue weighted by molar-refractivity contribution is 6.39. The van der Waals surface area contributed by atoms with Gasteiger partial charge in [0.15, 0.2) is 5.78 Å². The van der Waals surface area contributed by atoms with Gasteiger partial charge in [0.05, 0.1) is 6.54 Å². The monoisotopic (exact) mass is 171 g/mol. The van der Waals surface area contributed by atoms with Crippen molar-refractivity contribution in [2.75, 3.05) is 20.2 Å². The summed E-state index contributed by atoms with van der Waals surface area (Å²) in [5.41, 5.74) is 0. The third kappa shape index (κ3) is 2.06. The Labute approximate surface area is 72.7 Å². The van der Waals surface area contributed by atoms with E-state index in [1.807, 2.05) is 6.92 Å². The Hall–Kier alpha value is -0.385. The minimum absolute atomic E-state index is 0.0513. The molecule has 1 unspecified atom stereocenters. The first-order valence-corrected chi connectivity index (χ1v) is 4.17. The van der Waals surface area contributed by atoms with Gasteiger partial charge < -0.3 is 9.68 Å². The first kappa shape index (κ1) is 9.70. The first-order chi connectivity index (χ1) is 5.65. The van der Waals surface area contributed by atoms with Crippen LogP contribution in [0.5, 0.6) is 0 Å². The van der Waals surface area contributed by atoms with Crippen LogP contribution in [-0.4, -0.2) is 43.1 Å². The van der Waals surface area contributed by atoms with Crippen LogP contribution in [0.2, 0.25) is 0 Å². The van der Waals surface area contributed by atoms with E-state index in [4.69, 9.17) is 4.65 Å². The smallest absolute Gasteiger partial charge is 0.413 e. The molecule has 4 nitrogen and oxygen atoms in total. The van der Waals surface area contributed by atoms with Gasteiger partial charge >= 0.3 is 7.25 Å². The molecule has 12 heavy (non-hydrogen) atoms. The van der Waals surface area contributed by atoms with Gasteiger partial charge in [-0.05, 0) is 13.5 Å². The third-order valence-electron chi connectivity index (χ3n) is 2.18. The number of nitrogens with zero attached hydrogens (tertiary/aromatic N) is 1. The molecule has 0 saturated carbocycles. The number of likely N-dealkylation sites (N-methyl/N-ethyl adjacent to an activating group) is 1. The summed E-state index contributed by atoms with van der Waals surface area (Å²) in [4.78, 5) is 12.9. The minimum Gasteiger partial charge on any atom is -0.413 e. The predicted octanol–water partition coefficient (Wildman–Crippen LogP) is -0.479. The molecular formula is C7H14BNO3. The molecule has 1 N–H and O–H groups in total. The van der Waals surface area contributed by atoms with E-state index in [2.05, 4.69) is 0 Å². The minimum atomic E-state index is -0.925. The summed E-state index contributed by atoms with van der Waals surface area (Å²) in [6.45, 7) is 2.56. The first-order valence-electron chi connectivity index (χ1n) is 4.17. The SMILES string of the molecule is CCC1COB(O)N(C)CC1=O. The molecule has 1 aliphatic heterocycles. The molecule has 68 valence electrons. The number of carbonyl (C=O) groups is 1. The molecule has 0 bridgehead atoms. The zero-order chi connectivity index (χ0) is 9.14. The Morgan fingerprint density at radius 2 is 2.50 bits per heavy atom. The van der Waals surface area contributed by atoms with Crippen molar-refractivity contribution >= 4 is 13.0 Å². The summed E-state index contributed by atoms with van der Waals surface area (Å²) in [5.74, 6) is 0.0983. The maximum atomic E-state index is 11.4. The summed E-state index contributed by atoms with van der Waals surface area (Å²) in [6.07, 6.45) is 0.777. The number of Topliss-reactive ketones (excluding diaryl/α,β-unsaturated/α-hetero) is 1. The van der Waals surface area contributed by atoms with E-state index in [0.29, 0.717) is 6.61 Å². The highest BCUT2D eigenvalue weighted by atomic mass is 16.5. The van der Waals surface area contributed by atoms with E-state index in [1.165, 1.54) is 4.81 Å². The van der Waals surface area contributed by atoms with Crippen LogP contribution in [0.4, 0.5) is 0 Å². The topological polar surface area (TPSA) is 49.8 Å². The predicted molar refractivity (Wildman–Crippen MR) is 45.3 cm³/mol. The molecule has 1 heterocycles. The highest BCUT2D eigenvalue weighted by Gasteiger charge is 2.31. The van der Waals surface area contributed by atoms with Crippen molar-refractivity contribution in [1.29, 1.82) is 0 Å². The van der Waals surface area contributed by atoms with Crippen molar-refractivity contribution in [3.63, 3.8) is 0 Å². The molecule has 0 aromatic carbocycles. The number of rotatable bonds is 1.